The maximum atomic E-state index is 12.5. The summed E-state index contributed by atoms with van der Waals surface area (Å²) in [6.45, 7) is 2.54. The van der Waals surface area contributed by atoms with E-state index in [0.29, 0.717) is 6.54 Å². The van der Waals surface area contributed by atoms with Gasteiger partial charge >= 0.3 is 0 Å². The van der Waals surface area contributed by atoms with E-state index in [4.69, 9.17) is 17.4 Å². The van der Waals surface area contributed by atoms with Crippen molar-refractivity contribution in [3.63, 3.8) is 0 Å². The number of halogens is 1. The molecule has 1 aromatic heterocycles. The Balaban J connectivity index is 2.37. The van der Waals surface area contributed by atoms with E-state index in [0.717, 1.165) is 19.3 Å². The average Bonchev–Trinajstić information content (AvgIpc) is 2.87. The molecule has 6 nitrogen and oxygen atoms in total. The number of pyridine rings is 1. The van der Waals surface area contributed by atoms with Gasteiger partial charge in [0.15, 0.2) is 5.82 Å². The number of hydrogen-bond acceptors (Lipinski definition) is 5. The Hall–Kier alpha value is -0.890. The second kappa shape index (κ2) is 5.62. The number of sulfonamides is 1. The topological polar surface area (TPSA) is 88.3 Å². The molecule has 1 atom stereocenters. The highest BCUT2D eigenvalue weighted by Gasteiger charge is 2.34. The number of aromatic nitrogens is 1. The van der Waals surface area contributed by atoms with Gasteiger partial charge in [-0.25, -0.2) is 19.2 Å². The summed E-state index contributed by atoms with van der Waals surface area (Å²) in [5.41, 5.74) is 2.31. The smallest absolute Gasteiger partial charge is 0.244 e. The lowest BCUT2D eigenvalue weighted by Gasteiger charge is -2.23. The summed E-state index contributed by atoms with van der Waals surface area (Å²) in [6.07, 6.45) is 3.88. The maximum absolute atomic E-state index is 12.5. The number of hydrogen-bond donors (Lipinski definition) is 2. The number of anilines is 1. The third-order valence-corrected chi connectivity index (χ3v) is 5.56. The summed E-state index contributed by atoms with van der Waals surface area (Å²) >= 11 is 5.92. The number of hydrazine groups is 1. The third-order valence-electron chi connectivity index (χ3n) is 3.35. The zero-order chi connectivity index (χ0) is 14.0. The first-order chi connectivity index (χ1) is 9.00. The first kappa shape index (κ1) is 14.5. The van der Waals surface area contributed by atoms with Gasteiger partial charge in [0.25, 0.3) is 0 Å². The van der Waals surface area contributed by atoms with Crippen molar-refractivity contribution in [3.8, 4) is 0 Å². The molecule has 0 aromatic carbocycles. The molecular weight excluding hydrogens is 288 g/mol. The van der Waals surface area contributed by atoms with E-state index >= 15 is 0 Å². The fraction of sp³-hybridized carbons (Fsp3) is 0.545. The lowest BCUT2D eigenvalue weighted by molar-refractivity contribution is 0.379. The van der Waals surface area contributed by atoms with E-state index in [1.54, 1.807) is 0 Å². The minimum absolute atomic E-state index is 0.0658. The van der Waals surface area contributed by atoms with Gasteiger partial charge in [-0.1, -0.05) is 18.5 Å². The SMILES string of the molecule is CCC1CCCN1S(=O)(=O)c1cnc(NN)c(Cl)c1. The summed E-state index contributed by atoms with van der Waals surface area (Å²) in [7, 11) is -3.53. The summed E-state index contributed by atoms with van der Waals surface area (Å²) in [6, 6.07) is 1.44. The van der Waals surface area contributed by atoms with E-state index in [2.05, 4.69) is 10.4 Å². The van der Waals surface area contributed by atoms with Crippen LogP contribution in [-0.4, -0.2) is 30.3 Å². The van der Waals surface area contributed by atoms with E-state index in [9.17, 15) is 8.42 Å². The molecule has 1 saturated heterocycles. The molecule has 0 spiro atoms. The highest BCUT2D eigenvalue weighted by molar-refractivity contribution is 7.89. The molecule has 1 aromatic rings. The molecular formula is C11H17ClN4O2S. The fourth-order valence-corrected chi connectivity index (χ4v) is 4.36. The van der Waals surface area contributed by atoms with Crippen LogP contribution in [0.1, 0.15) is 26.2 Å². The van der Waals surface area contributed by atoms with Crippen LogP contribution in [0.15, 0.2) is 17.2 Å². The first-order valence-electron chi connectivity index (χ1n) is 6.14. The molecule has 106 valence electrons. The molecule has 0 amide bonds. The van der Waals surface area contributed by atoms with Crippen LogP contribution >= 0.6 is 11.6 Å². The molecule has 2 rings (SSSR count). The van der Waals surface area contributed by atoms with Gasteiger partial charge in [-0.05, 0) is 25.3 Å². The largest absolute Gasteiger partial charge is 0.307 e. The third kappa shape index (κ3) is 2.69. The summed E-state index contributed by atoms with van der Waals surface area (Å²) in [5.74, 6) is 5.48. The highest BCUT2D eigenvalue weighted by Crippen LogP contribution is 2.29. The van der Waals surface area contributed by atoms with Crippen molar-refractivity contribution < 1.29 is 8.42 Å². The Morgan fingerprint density at radius 2 is 2.37 bits per heavy atom. The van der Waals surface area contributed by atoms with Gasteiger partial charge in [0.1, 0.15) is 4.90 Å². The van der Waals surface area contributed by atoms with Crippen LogP contribution in [0.3, 0.4) is 0 Å². The van der Waals surface area contributed by atoms with Gasteiger partial charge in [-0.3, -0.25) is 0 Å². The number of nitrogens with two attached hydrogens (primary N) is 1. The number of rotatable bonds is 4. The highest BCUT2D eigenvalue weighted by atomic mass is 35.5. The molecule has 19 heavy (non-hydrogen) atoms. The standard InChI is InChI=1S/C11H17ClN4O2S/c1-2-8-4-3-5-16(8)19(17,18)9-6-10(12)11(15-13)14-7-9/h6-8H,2-5,13H2,1H3,(H,14,15). The van der Waals surface area contributed by atoms with E-state index in [-0.39, 0.29) is 21.8 Å². The summed E-state index contributed by atoms with van der Waals surface area (Å²) < 4.78 is 26.6. The summed E-state index contributed by atoms with van der Waals surface area (Å²) in [5, 5.41) is 0.191. The number of nitrogens with zero attached hydrogens (tertiary/aromatic N) is 2. The van der Waals surface area contributed by atoms with Crippen molar-refractivity contribution in [2.24, 2.45) is 5.84 Å². The quantitative estimate of drug-likeness (QED) is 0.651. The normalized spacial score (nSPS) is 20.7. The van der Waals surface area contributed by atoms with Crippen molar-refractivity contribution >= 4 is 27.4 Å². The molecule has 0 saturated carbocycles. The van der Waals surface area contributed by atoms with Gasteiger partial charge < -0.3 is 5.43 Å². The lowest BCUT2D eigenvalue weighted by Crippen LogP contribution is -2.35. The monoisotopic (exact) mass is 304 g/mol. The zero-order valence-corrected chi connectivity index (χ0v) is 12.2. The predicted molar refractivity (Wildman–Crippen MR) is 74.3 cm³/mol. The molecule has 2 heterocycles. The van der Waals surface area contributed by atoms with Crippen LogP contribution in [0.5, 0.6) is 0 Å². The van der Waals surface area contributed by atoms with E-state index in [1.807, 2.05) is 6.92 Å². The second-order valence-corrected chi connectivity index (χ2v) is 6.76. The molecule has 8 heteroatoms. The Bertz CT molecular complexity index is 564. The number of nitrogen functional groups attached to an aromatic ring is 1. The first-order valence-corrected chi connectivity index (χ1v) is 7.96. The summed E-state index contributed by atoms with van der Waals surface area (Å²) in [4.78, 5) is 4.02. The molecule has 0 radical (unpaired) electrons. The molecule has 0 aliphatic carbocycles. The van der Waals surface area contributed by atoms with Crippen molar-refractivity contribution in [1.82, 2.24) is 9.29 Å². The average molecular weight is 305 g/mol. The maximum Gasteiger partial charge on any atom is 0.244 e. The van der Waals surface area contributed by atoms with Crippen LogP contribution in [0, 0.1) is 0 Å². The van der Waals surface area contributed by atoms with Crippen LogP contribution < -0.4 is 11.3 Å². The van der Waals surface area contributed by atoms with Crippen LogP contribution in [-0.2, 0) is 10.0 Å². The fourth-order valence-electron chi connectivity index (χ4n) is 2.34. The van der Waals surface area contributed by atoms with Gasteiger partial charge in [0.2, 0.25) is 10.0 Å². The van der Waals surface area contributed by atoms with E-state index < -0.39 is 10.0 Å². The van der Waals surface area contributed by atoms with Gasteiger partial charge in [0, 0.05) is 18.8 Å². The molecule has 0 bridgehead atoms. The Morgan fingerprint density at radius 1 is 1.63 bits per heavy atom. The molecule has 1 aliphatic rings. The second-order valence-electron chi connectivity index (χ2n) is 4.47. The Kier molecular flexibility index (Phi) is 4.29. The van der Waals surface area contributed by atoms with Gasteiger partial charge in [0.05, 0.1) is 5.02 Å². The molecule has 1 aliphatic heterocycles. The predicted octanol–water partition coefficient (Wildman–Crippen LogP) is 1.58. The molecule has 3 N–H and O–H groups in total. The molecule has 1 unspecified atom stereocenters. The Morgan fingerprint density at radius 3 is 2.95 bits per heavy atom. The van der Waals surface area contributed by atoms with Crippen molar-refractivity contribution in [3.05, 3.63) is 17.3 Å². The van der Waals surface area contributed by atoms with Gasteiger partial charge in [-0.2, -0.15) is 4.31 Å². The molecule has 1 fully saturated rings. The minimum Gasteiger partial charge on any atom is -0.307 e. The van der Waals surface area contributed by atoms with Gasteiger partial charge in [-0.15, -0.1) is 0 Å². The lowest BCUT2D eigenvalue weighted by atomic mass is 10.2. The van der Waals surface area contributed by atoms with Crippen LogP contribution in [0.4, 0.5) is 5.82 Å². The van der Waals surface area contributed by atoms with Crippen LogP contribution in [0.2, 0.25) is 5.02 Å². The van der Waals surface area contributed by atoms with Crippen LogP contribution in [0.25, 0.3) is 0 Å². The van der Waals surface area contributed by atoms with Crippen molar-refractivity contribution in [1.29, 1.82) is 0 Å². The number of nitrogens with one attached hydrogen (secondary N) is 1. The zero-order valence-electron chi connectivity index (χ0n) is 10.6. The minimum atomic E-state index is -3.53. The van der Waals surface area contributed by atoms with Crippen molar-refractivity contribution in [2.45, 2.75) is 37.1 Å². The Labute approximate surface area is 118 Å². The van der Waals surface area contributed by atoms with Crippen molar-refractivity contribution in [2.75, 3.05) is 12.0 Å². The van der Waals surface area contributed by atoms with E-state index in [1.165, 1.54) is 16.6 Å².